The Labute approximate surface area is 119 Å². The minimum Gasteiger partial charge on any atom is -0.325 e. The van der Waals surface area contributed by atoms with Gasteiger partial charge in [-0.1, -0.05) is 12.1 Å². The molecule has 3 rings (SSSR count). The standard InChI is InChI=1S/C15H20ClN3/c1-18-10-7-12(8-11-18)19-14-5-3-2-4-13(14)17-15(19)6-9-16/h2-5,12H,6-11H2,1H3. The molecule has 4 heteroatoms. The van der Waals surface area contributed by atoms with E-state index in [1.165, 1.54) is 18.4 Å². The summed E-state index contributed by atoms with van der Waals surface area (Å²) in [6.45, 7) is 2.33. The summed E-state index contributed by atoms with van der Waals surface area (Å²) in [5.41, 5.74) is 2.36. The zero-order valence-electron chi connectivity index (χ0n) is 11.3. The summed E-state index contributed by atoms with van der Waals surface area (Å²) in [4.78, 5) is 7.16. The van der Waals surface area contributed by atoms with Gasteiger partial charge in [0.05, 0.1) is 11.0 Å². The molecule has 0 radical (unpaired) electrons. The number of para-hydroxylation sites is 2. The van der Waals surface area contributed by atoms with Gasteiger partial charge >= 0.3 is 0 Å². The van der Waals surface area contributed by atoms with Crippen LogP contribution in [0.4, 0.5) is 0 Å². The van der Waals surface area contributed by atoms with Gasteiger partial charge in [-0.15, -0.1) is 11.6 Å². The summed E-state index contributed by atoms with van der Waals surface area (Å²) in [5, 5.41) is 0. The second kappa shape index (κ2) is 5.51. The highest BCUT2D eigenvalue weighted by atomic mass is 35.5. The maximum Gasteiger partial charge on any atom is 0.111 e. The summed E-state index contributed by atoms with van der Waals surface area (Å²) in [6, 6.07) is 9.00. The lowest BCUT2D eigenvalue weighted by molar-refractivity contribution is 0.221. The number of nitrogens with zero attached hydrogens (tertiary/aromatic N) is 3. The first-order valence-corrected chi connectivity index (χ1v) is 7.53. The van der Waals surface area contributed by atoms with Crippen molar-refractivity contribution in [3.63, 3.8) is 0 Å². The maximum absolute atomic E-state index is 5.94. The first-order valence-electron chi connectivity index (χ1n) is 7.00. The van der Waals surface area contributed by atoms with Crippen LogP contribution in [0.25, 0.3) is 11.0 Å². The predicted octanol–water partition coefficient (Wildman–Crippen LogP) is 3.08. The van der Waals surface area contributed by atoms with E-state index in [9.17, 15) is 0 Å². The van der Waals surface area contributed by atoms with E-state index >= 15 is 0 Å². The number of halogens is 1. The molecule has 1 aromatic heterocycles. The van der Waals surface area contributed by atoms with Crippen LogP contribution in [0.3, 0.4) is 0 Å². The number of alkyl halides is 1. The van der Waals surface area contributed by atoms with Gasteiger partial charge in [-0.05, 0) is 45.1 Å². The normalized spacial score (nSPS) is 18.2. The van der Waals surface area contributed by atoms with E-state index in [2.05, 4.69) is 40.8 Å². The summed E-state index contributed by atoms with van der Waals surface area (Å²) in [7, 11) is 2.20. The number of fused-ring (bicyclic) bond motifs is 1. The van der Waals surface area contributed by atoms with Crippen LogP contribution >= 0.6 is 11.6 Å². The van der Waals surface area contributed by atoms with Crippen molar-refractivity contribution in [2.24, 2.45) is 0 Å². The van der Waals surface area contributed by atoms with Gasteiger partial charge in [-0.3, -0.25) is 0 Å². The Kier molecular flexibility index (Phi) is 3.76. The molecule has 0 amide bonds. The van der Waals surface area contributed by atoms with Crippen molar-refractivity contribution >= 4 is 22.6 Å². The van der Waals surface area contributed by atoms with Crippen LogP contribution in [0.5, 0.6) is 0 Å². The highest BCUT2D eigenvalue weighted by Crippen LogP contribution is 2.28. The van der Waals surface area contributed by atoms with Gasteiger partial charge in [-0.2, -0.15) is 0 Å². The molecule has 1 aliphatic heterocycles. The van der Waals surface area contributed by atoms with Crippen LogP contribution in [0.2, 0.25) is 0 Å². The molecule has 1 saturated heterocycles. The average Bonchev–Trinajstić information content (AvgIpc) is 2.78. The van der Waals surface area contributed by atoms with Gasteiger partial charge in [0.2, 0.25) is 0 Å². The van der Waals surface area contributed by atoms with Crippen LogP contribution in [0.15, 0.2) is 24.3 Å². The fourth-order valence-corrected chi connectivity index (χ4v) is 3.18. The van der Waals surface area contributed by atoms with E-state index in [0.717, 1.165) is 30.9 Å². The zero-order chi connectivity index (χ0) is 13.2. The lowest BCUT2D eigenvalue weighted by atomic mass is 10.0. The van der Waals surface area contributed by atoms with E-state index in [1.807, 2.05) is 0 Å². The minimum absolute atomic E-state index is 0.571. The van der Waals surface area contributed by atoms with Crippen molar-refractivity contribution in [2.75, 3.05) is 26.0 Å². The third-order valence-electron chi connectivity index (χ3n) is 4.04. The van der Waals surface area contributed by atoms with Crippen LogP contribution in [-0.2, 0) is 6.42 Å². The van der Waals surface area contributed by atoms with E-state index in [1.54, 1.807) is 0 Å². The van der Waals surface area contributed by atoms with Crippen molar-refractivity contribution in [3.05, 3.63) is 30.1 Å². The quantitative estimate of drug-likeness (QED) is 0.804. The van der Waals surface area contributed by atoms with Gasteiger partial charge in [0.25, 0.3) is 0 Å². The van der Waals surface area contributed by atoms with Crippen LogP contribution in [0.1, 0.15) is 24.7 Å². The number of rotatable bonds is 3. The van der Waals surface area contributed by atoms with Gasteiger partial charge < -0.3 is 9.47 Å². The fraction of sp³-hybridized carbons (Fsp3) is 0.533. The number of hydrogen-bond acceptors (Lipinski definition) is 2. The van der Waals surface area contributed by atoms with Crippen LogP contribution < -0.4 is 0 Å². The largest absolute Gasteiger partial charge is 0.325 e. The van der Waals surface area contributed by atoms with Gasteiger partial charge in [-0.25, -0.2) is 4.98 Å². The van der Waals surface area contributed by atoms with Crippen molar-refractivity contribution in [3.8, 4) is 0 Å². The molecular formula is C15H20ClN3. The number of benzene rings is 1. The molecule has 102 valence electrons. The fourth-order valence-electron chi connectivity index (χ4n) is 3.02. The van der Waals surface area contributed by atoms with Crippen molar-refractivity contribution in [2.45, 2.75) is 25.3 Å². The monoisotopic (exact) mass is 277 g/mol. The smallest absolute Gasteiger partial charge is 0.111 e. The summed E-state index contributed by atoms with van der Waals surface area (Å²) < 4.78 is 2.44. The van der Waals surface area contributed by atoms with E-state index in [0.29, 0.717) is 11.9 Å². The highest BCUT2D eigenvalue weighted by molar-refractivity contribution is 6.17. The number of aromatic nitrogens is 2. The molecule has 19 heavy (non-hydrogen) atoms. The number of hydrogen-bond donors (Lipinski definition) is 0. The Bertz CT molecular complexity index is 556. The Balaban J connectivity index is 2.02. The molecule has 0 N–H and O–H groups in total. The van der Waals surface area contributed by atoms with Crippen LogP contribution in [0, 0.1) is 0 Å². The molecule has 0 atom stereocenters. The SMILES string of the molecule is CN1CCC(n2c(CCCl)nc3ccccc32)CC1. The molecule has 0 unspecified atom stereocenters. The molecule has 1 aromatic carbocycles. The van der Waals surface area contributed by atoms with Gasteiger partial charge in [0.15, 0.2) is 0 Å². The first kappa shape index (κ1) is 12.9. The van der Waals surface area contributed by atoms with Crippen LogP contribution in [-0.4, -0.2) is 40.5 Å². The maximum atomic E-state index is 5.94. The van der Waals surface area contributed by atoms with Crippen molar-refractivity contribution in [1.29, 1.82) is 0 Å². The molecule has 0 bridgehead atoms. The van der Waals surface area contributed by atoms with Gasteiger partial charge in [0, 0.05) is 18.3 Å². The average molecular weight is 278 g/mol. The third-order valence-corrected chi connectivity index (χ3v) is 4.23. The van der Waals surface area contributed by atoms with E-state index in [4.69, 9.17) is 16.6 Å². The Morgan fingerprint density at radius 1 is 1.26 bits per heavy atom. The predicted molar refractivity (Wildman–Crippen MR) is 79.9 cm³/mol. The topological polar surface area (TPSA) is 21.1 Å². The minimum atomic E-state index is 0.571. The Morgan fingerprint density at radius 2 is 2.00 bits per heavy atom. The Hall–Kier alpha value is -1.06. The molecule has 0 spiro atoms. The molecule has 2 heterocycles. The number of aryl methyl sites for hydroxylation is 1. The van der Waals surface area contributed by atoms with Crippen molar-refractivity contribution < 1.29 is 0 Å². The second-order valence-electron chi connectivity index (χ2n) is 5.36. The summed E-state index contributed by atoms with van der Waals surface area (Å²) in [6.07, 6.45) is 3.25. The molecule has 2 aromatic rings. The van der Waals surface area contributed by atoms with E-state index in [-0.39, 0.29) is 0 Å². The molecule has 1 fully saturated rings. The molecule has 0 saturated carbocycles. The number of imidazole rings is 1. The van der Waals surface area contributed by atoms with Gasteiger partial charge in [0.1, 0.15) is 5.82 Å². The van der Waals surface area contributed by atoms with E-state index < -0.39 is 0 Å². The molecule has 1 aliphatic rings. The highest BCUT2D eigenvalue weighted by Gasteiger charge is 2.22. The number of piperidine rings is 1. The zero-order valence-corrected chi connectivity index (χ0v) is 12.1. The van der Waals surface area contributed by atoms with Crippen molar-refractivity contribution in [1.82, 2.24) is 14.5 Å². The first-order chi connectivity index (χ1) is 9.29. The third kappa shape index (κ3) is 2.49. The Morgan fingerprint density at radius 3 is 2.74 bits per heavy atom. The molecule has 0 aliphatic carbocycles. The summed E-state index contributed by atoms with van der Waals surface area (Å²) in [5.74, 6) is 1.78. The summed E-state index contributed by atoms with van der Waals surface area (Å²) >= 11 is 5.94. The molecule has 3 nitrogen and oxygen atoms in total. The number of likely N-dealkylation sites (tertiary alicyclic amines) is 1. The second-order valence-corrected chi connectivity index (χ2v) is 5.74. The molecular weight excluding hydrogens is 258 g/mol. The lowest BCUT2D eigenvalue weighted by Gasteiger charge is -2.31. The lowest BCUT2D eigenvalue weighted by Crippen LogP contribution is -2.32.